The SMILES string of the molecule is CC/C=C\C/C=C\C/C=C\C/C=C\C/C=C\C/C=C\CCCCC(=O)NC(COP(=O)(O)OCC[N+](C)(C)C)C(/C=C\CCCCCCCCCCC)OC(=O)CCCCCCC/C=C\CCCC. The molecule has 69 heavy (non-hydrogen) atoms. The second-order valence-corrected chi connectivity index (χ2v) is 20.8. The number of esters is 1. The van der Waals surface area contributed by atoms with E-state index in [4.69, 9.17) is 13.8 Å². The summed E-state index contributed by atoms with van der Waals surface area (Å²) in [4.78, 5) is 37.4. The highest BCUT2D eigenvalue weighted by atomic mass is 31.2. The normalized spacial score (nSPS) is 14.6. The van der Waals surface area contributed by atoms with E-state index < -0.39 is 20.0 Å². The van der Waals surface area contributed by atoms with Crippen LogP contribution in [-0.4, -0.2) is 74.3 Å². The molecule has 10 heteroatoms. The Morgan fingerprint density at radius 3 is 1.46 bits per heavy atom. The maximum Gasteiger partial charge on any atom is 0.472 e. The van der Waals surface area contributed by atoms with Gasteiger partial charge in [-0.15, -0.1) is 0 Å². The fourth-order valence-electron chi connectivity index (χ4n) is 7.22. The van der Waals surface area contributed by atoms with Gasteiger partial charge in [0.1, 0.15) is 19.3 Å². The number of unbranched alkanes of at least 4 members (excludes halogenated alkanes) is 18. The smallest absolute Gasteiger partial charge is 0.456 e. The Hall–Kier alpha value is -3.07. The third-order valence-corrected chi connectivity index (χ3v) is 12.5. The molecule has 0 rings (SSSR count). The average molecular weight is 984 g/mol. The van der Waals surface area contributed by atoms with Crippen LogP contribution in [0.4, 0.5) is 0 Å². The predicted octanol–water partition coefficient (Wildman–Crippen LogP) is 16.4. The fraction of sp³-hybridized carbons (Fsp3) is 0.695. The minimum atomic E-state index is -4.46. The summed E-state index contributed by atoms with van der Waals surface area (Å²) in [6.45, 7) is 6.78. The van der Waals surface area contributed by atoms with Gasteiger partial charge in [0.05, 0.1) is 33.8 Å². The van der Waals surface area contributed by atoms with Crippen LogP contribution in [0.5, 0.6) is 0 Å². The molecule has 3 unspecified atom stereocenters. The van der Waals surface area contributed by atoms with Crippen molar-refractivity contribution in [3.8, 4) is 0 Å². The summed E-state index contributed by atoms with van der Waals surface area (Å²) in [6, 6.07) is -0.878. The standard InChI is InChI=1S/C59H103N2O7P/c1-7-10-13-16-19-22-25-26-27-28-29-30-31-32-33-34-37-39-42-45-48-51-58(62)60-56(55-67-69(64,65)66-54-53-61(4,5)6)57(50-47-44-41-38-35-23-20-17-14-11-8-2)68-59(63)52-49-46-43-40-36-24-21-18-15-12-9-3/h10,13,18-19,21-22,26-27,29-30,32-33,37,39,47,50,56-57H,7-9,11-12,14-17,20,23-25,28,31,34-36,38,40-46,48-49,51-55H2,1-6H3,(H-,60,62,64,65)/p+1/b13-10-,21-18-,22-19-,27-26-,30-29-,33-32-,39-37-,50-47-. The molecular formula is C59H104N2O7P+. The first-order valence-corrected chi connectivity index (χ1v) is 29.1. The van der Waals surface area contributed by atoms with Crippen molar-refractivity contribution in [2.75, 3.05) is 40.9 Å². The second-order valence-electron chi connectivity index (χ2n) is 19.4. The summed E-state index contributed by atoms with van der Waals surface area (Å²) in [5.74, 6) is -0.577. The van der Waals surface area contributed by atoms with Gasteiger partial charge in [0.25, 0.3) is 0 Å². The van der Waals surface area contributed by atoms with Crippen LogP contribution >= 0.6 is 7.82 Å². The van der Waals surface area contributed by atoms with Crippen molar-refractivity contribution >= 4 is 19.7 Å². The molecule has 0 aliphatic carbocycles. The van der Waals surface area contributed by atoms with Gasteiger partial charge in [0, 0.05) is 12.8 Å². The van der Waals surface area contributed by atoms with E-state index in [9.17, 15) is 19.0 Å². The number of phosphoric acid groups is 1. The number of carbonyl (C=O) groups is 2. The number of phosphoric ester groups is 1. The van der Waals surface area contributed by atoms with Crippen LogP contribution in [0.2, 0.25) is 0 Å². The summed E-state index contributed by atoms with van der Waals surface area (Å²) in [5, 5.41) is 3.01. The highest BCUT2D eigenvalue weighted by Crippen LogP contribution is 2.43. The third kappa shape index (κ3) is 49.7. The van der Waals surface area contributed by atoms with Crippen molar-refractivity contribution in [2.24, 2.45) is 0 Å². The van der Waals surface area contributed by atoms with Crippen LogP contribution in [0.25, 0.3) is 0 Å². The lowest BCUT2D eigenvalue weighted by Crippen LogP contribution is -2.47. The van der Waals surface area contributed by atoms with Crippen molar-refractivity contribution in [1.29, 1.82) is 0 Å². The van der Waals surface area contributed by atoms with Gasteiger partial charge in [0.2, 0.25) is 5.91 Å². The molecule has 0 radical (unpaired) electrons. The molecule has 0 saturated carbocycles. The van der Waals surface area contributed by atoms with E-state index in [1.165, 1.54) is 57.8 Å². The number of hydrogen-bond acceptors (Lipinski definition) is 6. The Morgan fingerprint density at radius 2 is 0.942 bits per heavy atom. The summed E-state index contributed by atoms with van der Waals surface area (Å²) in [5.41, 5.74) is 0. The second kappa shape index (κ2) is 48.6. The molecule has 0 aromatic carbocycles. The molecule has 0 heterocycles. The minimum absolute atomic E-state index is 0.0256. The van der Waals surface area contributed by atoms with Crippen molar-refractivity contribution in [2.45, 2.75) is 226 Å². The number of likely N-dealkylation sites (N-methyl/N-ethyl adjacent to an activating group) is 1. The van der Waals surface area contributed by atoms with Crippen LogP contribution in [0.15, 0.2) is 97.2 Å². The zero-order valence-electron chi connectivity index (χ0n) is 45.0. The Kier molecular flexibility index (Phi) is 46.4. The number of ether oxygens (including phenoxy) is 1. The van der Waals surface area contributed by atoms with Crippen LogP contribution in [0.1, 0.15) is 213 Å². The van der Waals surface area contributed by atoms with E-state index in [1.54, 1.807) is 0 Å². The molecule has 396 valence electrons. The Labute approximate surface area is 424 Å². The molecular weight excluding hydrogens is 880 g/mol. The van der Waals surface area contributed by atoms with Crippen LogP contribution < -0.4 is 5.32 Å². The largest absolute Gasteiger partial charge is 0.472 e. The molecule has 0 spiro atoms. The highest BCUT2D eigenvalue weighted by molar-refractivity contribution is 7.47. The van der Waals surface area contributed by atoms with Gasteiger partial charge in [-0.25, -0.2) is 4.57 Å². The van der Waals surface area contributed by atoms with Gasteiger partial charge in [-0.1, -0.05) is 195 Å². The fourth-order valence-corrected chi connectivity index (χ4v) is 7.95. The number of rotatable bonds is 48. The van der Waals surface area contributed by atoms with E-state index in [0.717, 1.165) is 116 Å². The van der Waals surface area contributed by atoms with Crippen LogP contribution in [0, 0.1) is 0 Å². The number of allylic oxidation sites excluding steroid dienone is 15. The van der Waals surface area contributed by atoms with E-state index >= 15 is 0 Å². The van der Waals surface area contributed by atoms with Crippen molar-refractivity contribution in [1.82, 2.24) is 5.32 Å². The van der Waals surface area contributed by atoms with Crippen molar-refractivity contribution < 1.29 is 37.3 Å². The zero-order valence-corrected chi connectivity index (χ0v) is 45.9. The monoisotopic (exact) mass is 984 g/mol. The number of carbonyl (C=O) groups excluding carboxylic acids is 2. The van der Waals surface area contributed by atoms with Gasteiger partial charge < -0.3 is 19.4 Å². The van der Waals surface area contributed by atoms with E-state index in [0.29, 0.717) is 17.4 Å². The van der Waals surface area contributed by atoms with Gasteiger partial charge >= 0.3 is 13.8 Å². The first-order valence-electron chi connectivity index (χ1n) is 27.6. The molecule has 0 bridgehead atoms. The van der Waals surface area contributed by atoms with Crippen LogP contribution in [-0.2, 0) is 27.9 Å². The van der Waals surface area contributed by atoms with Gasteiger partial charge in [-0.2, -0.15) is 0 Å². The van der Waals surface area contributed by atoms with Crippen molar-refractivity contribution in [3.05, 3.63) is 97.2 Å². The highest BCUT2D eigenvalue weighted by Gasteiger charge is 2.30. The lowest BCUT2D eigenvalue weighted by molar-refractivity contribution is -0.870. The maximum atomic E-state index is 13.5. The third-order valence-electron chi connectivity index (χ3n) is 11.5. The topological polar surface area (TPSA) is 111 Å². The summed E-state index contributed by atoms with van der Waals surface area (Å²) < 4.78 is 30.5. The van der Waals surface area contributed by atoms with Gasteiger partial charge in [-0.05, 0) is 102 Å². The lowest BCUT2D eigenvalue weighted by atomic mass is 10.1. The number of quaternary nitrogens is 1. The first-order chi connectivity index (χ1) is 33.4. The summed E-state index contributed by atoms with van der Waals surface area (Å²) in [6.07, 6.45) is 64.1. The van der Waals surface area contributed by atoms with Crippen LogP contribution in [0.3, 0.4) is 0 Å². The van der Waals surface area contributed by atoms with E-state index in [-0.39, 0.29) is 37.9 Å². The number of hydrogen-bond donors (Lipinski definition) is 2. The number of amides is 1. The predicted molar refractivity (Wildman–Crippen MR) is 295 cm³/mol. The zero-order chi connectivity index (χ0) is 50.8. The summed E-state index contributed by atoms with van der Waals surface area (Å²) >= 11 is 0. The molecule has 0 saturated heterocycles. The molecule has 1 amide bonds. The quantitative estimate of drug-likeness (QED) is 0.0205. The molecule has 2 N–H and O–H groups in total. The molecule has 0 aromatic rings. The van der Waals surface area contributed by atoms with E-state index in [2.05, 4.69) is 111 Å². The molecule has 0 aliphatic heterocycles. The first kappa shape index (κ1) is 65.9. The lowest BCUT2D eigenvalue weighted by Gasteiger charge is -2.27. The van der Waals surface area contributed by atoms with Crippen molar-refractivity contribution in [3.63, 3.8) is 0 Å². The molecule has 9 nitrogen and oxygen atoms in total. The average Bonchev–Trinajstić information content (AvgIpc) is 3.31. The van der Waals surface area contributed by atoms with Gasteiger partial charge in [0.15, 0.2) is 0 Å². The van der Waals surface area contributed by atoms with E-state index in [1.807, 2.05) is 33.3 Å². The molecule has 0 aliphatic rings. The number of nitrogens with zero attached hydrogens (tertiary/aromatic N) is 1. The van der Waals surface area contributed by atoms with Gasteiger partial charge in [-0.3, -0.25) is 18.6 Å². The summed E-state index contributed by atoms with van der Waals surface area (Å²) in [7, 11) is 1.45. The maximum absolute atomic E-state index is 13.5. The Balaban J connectivity index is 5.39. The molecule has 0 aromatic heterocycles. The Bertz CT molecular complexity index is 1510. The molecule has 0 fully saturated rings. The Morgan fingerprint density at radius 1 is 0.522 bits per heavy atom. The minimum Gasteiger partial charge on any atom is -0.456 e. The molecule has 3 atom stereocenters. The number of nitrogens with one attached hydrogen (secondary N) is 1.